The molecular formula is C14H21N. The van der Waals surface area contributed by atoms with Crippen LogP contribution in [0.1, 0.15) is 19.4 Å². The fraction of sp³-hybridized carbons (Fsp3) is 0.286. The normalized spacial score (nSPS) is 8.33. The fourth-order valence-electron chi connectivity index (χ4n) is 1.31. The second-order valence-corrected chi connectivity index (χ2v) is 2.85. The summed E-state index contributed by atoms with van der Waals surface area (Å²) in [7, 11) is 1.50. The van der Waals surface area contributed by atoms with Crippen molar-refractivity contribution in [2.45, 2.75) is 20.8 Å². The molecule has 0 aromatic heterocycles. The number of fused-ring (bicyclic) bond motifs is 1. The molecule has 15 heavy (non-hydrogen) atoms. The number of benzene rings is 2. The fourth-order valence-corrected chi connectivity index (χ4v) is 1.31. The Bertz CT molecular complexity index is 380. The van der Waals surface area contributed by atoms with E-state index in [-0.39, 0.29) is 0 Å². The summed E-state index contributed by atoms with van der Waals surface area (Å²) in [4.78, 5) is 0. The van der Waals surface area contributed by atoms with E-state index in [1.165, 1.54) is 23.4 Å². The maximum absolute atomic E-state index is 4.50. The third kappa shape index (κ3) is 4.13. The first-order valence-corrected chi connectivity index (χ1v) is 5.39. The highest BCUT2D eigenvalue weighted by atomic mass is 14.4. The van der Waals surface area contributed by atoms with Gasteiger partial charge in [-0.3, -0.25) is 0 Å². The van der Waals surface area contributed by atoms with Gasteiger partial charge in [-0.15, -0.1) is 0 Å². The lowest BCUT2D eigenvalue weighted by atomic mass is 10.1. The van der Waals surface area contributed by atoms with Crippen molar-refractivity contribution in [3.05, 3.63) is 48.0 Å². The minimum absolute atomic E-state index is 1.32. The first-order valence-electron chi connectivity index (χ1n) is 5.39. The summed E-state index contributed by atoms with van der Waals surface area (Å²) >= 11 is 0. The Labute approximate surface area is 92.9 Å². The highest BCUT2D eigenvalue weighted by Gasteiger charge is 1.89. The smallest absolute Gasteiger partial charge is 0.0181 e. The molecule has 0 saturated carbocycles. The summed E-state index contributed by atoms with van der Waals surface area (Å²) in [6.45, 7) is 6.12. The predicted molar refractivity (Wildman–Crippen MR) is 70.1 cm³/mol. The Morgan fingerprint density at radius 3 is 1.93 bits per heavy atom. The van der Waals surface area contributed by atoms with Gasteiger partial charge in [0, 0.05) is 0 Å². The highest BCUT2D eigenvalue weighted by Crippen LogP contribution is 2.14. The van der Waals surface area contributed by atoms with E-state index >= 15 is 0 Å². The van der Waals surface area contributed by atoms with Crippen molar-refractivity contribution >= 4 is 10.8 Å². The van der Waals surface area contributed by atoms with Crippen LogP contribution in [-0.2, 0) is 0 Å². The zero-order valence-electron chi connectivity index (χ0n) is 10.1. The van der Waals surface area contributed by atoms with Gasteiger partial charge in [-0.2, -0.15) is 0 Å². The van der Waals surface area contributed by atoms with Crippen LogP contribution in [-0.4, -0.2) is 7.05 Å². The Morgan fingerprint density at radius 2 is 1.33 bits per heavy atom. The van der Waals surface area contributed by atoms with Crippen LogP contribution >= 0.6 is 0 Å². The van der Waals surface area contributed by atoms with Crippen molar-refractivity contribution in [2.75, 3.05) is 7.05 Å². The first kappa shape index (κ1) is 13.7. The molecule has 2 N–H and O–H groups in total. The van der Waals surface area contributed by atoms with E-state index < -0.39 is 0 Å². The second kappa shape index (κ2) is 8.01. The summed E-state index contributed by atoms with van der Waals surface area (Å²) < 4.78 is 0. The molecule has 0 fully saturated rings. The van der Waals surface area contributed by atoms with Crippen LogP contribution in [0.4, 0.5) is 0 Å². The molecule has 0 aliphatic carbocycles. The third-order valence-corrected chi connectivity index (χ3v) is 1.90. The van der Waals surface area contributed by atoms with Crippen LogP contribution in [0.2, 0.25) is 0 Å². The molecule has 1 heteroatoms. The van der Waals surface area contributed by atoms with Gasteiger partial charge in [0.05, 0.1) is 0 Å². The summed E-state index contributed by atoms with van der Waals surface area (Å²) in [6, 6.07) is 14.9. The molecule has 0 bridgehead atoms. The molecule has 0 atom stereocenters. The standard InChI is InChI=1S/C11H10.C2H6.CH5N/c1-9-6-7-10-4-2-3-5-11(10)8-9;2*1-2/h2-8H,1H3;1-2H3;2H2,1H3. The van der Waals surface area contributed by atoms with Gasteiger partial charge in [0.25, 0.3) is 0 Å². The topological polar surface area (TPSA) is 26.0 Å². The van der Waals surface area contributed by atoms with Crippen LogP contribution in [0.15, 0.2) is 42.5 Å². The molecule has 0 spiro atoms. The van der Waals surface area contributed by atoms with E-state index in [0.29, 0.717) is 0 Å². The number of nitrogens with two attached hydrogens (primary N) is 1. The Morgan fingerprint density at radius 1 is 0.800 bits per heavy atom. The predicted octanol–water partition coefficient (Wildman–Crippen LogP) is 3.75. The molecule has 0 saturated heterocycles. The molecule has 2 aromatic rings. The van der Waals surface area contributed by atoms with Gasteiger partial charge in [-0.05, 0) is 24.7 Å². The van der Waals surface area contributed by atoms with Crippen molar-refractivity contribution in [2.24, 2.45) is 5.73 Å². The van der Waals surface area contributed by atoms with Crippen molar-refractivity contribution in [3.8, 4) is 0 Å². The molecule has 0 amide bonds. The zero-order chi connectivity index (χ0) is 11.7. The minimum Gasteiger partial charge on any atom is -0.333 e. The third-order valence-electron chi connectivity index (χ3n) is 1.90. The Balaban J connectivity index is 0.000000442. The first-order chi connectivity index (χ1) is 7.36. The molecule has 1 nitrogen and oxygen atoms in total. The molecular weight excluding hydrogens is 182 g/mol. The molecule has 2 rings (SSSR count). The average molecular weight is 203 g/mol. The van der Waals surface area contributed by atoms with E-state index in [4.69, 9.17) is 0 Å². The van der Waals surface area contributed by atoms with Crippen molar-refractivity contribution in [1.29, 1.82) is 0 Å². The maximum atomic E-state index is 4.50. The second-order valence-electron chi connectivity index (χ2n) is 2.85. The number of aryl methyl sites for hydroxylation is 1. The van der Waals surface area contributed by atoms with E-state index in [9.17, 15) is 0 Å². The zero-order valence-corrected chi connectivity index (χ0v) is 10.1. The quantitative estimate of drug-likeness (QED) is 0.693. The lowest BCUT2D eigenvalue weighted by molar-refractivity contribution is 1.48. The van der Waals surface area contributed by atoms with E-state index in [1.54, 1.807) is 0 Å². The van der Waals surface area contributed by atoms with Crippen LogP contribution < -0.4 is 5.73 Å². The largest absolute Gasteiger partial charge is 0.333 e. The van der Waals surface area contributed by atoms with Gasteiger partial charge in [-0.1, -0.05) is 61.9 Å². The molecule has 0 radical (unpaired) electrons. The van der Waals surface area contributed by atoms with E-state index in [2.05, 4.69) is 55.1 Å². The Kier molecular flexibility index (Phi) is 7.29. The van der Waals surface area contributed by atoms with Crippen LogP contribution in [0.3, 0.4) is 0 Å². The highest BCUT2D eigenvalue weighted by molar-refractivity contribution is 5.82. The molecule has 0 aliphatic rings. The van der Waals surface area contributed by atoms with Crippen molar-refractivity contribution in [1.82, 2.24) is 0 Å². The molecule has 0 aliphatic heterocycles. The number of rotatable bonds is 0. The van der Waals surface area contributed by atoms with Gasteiger partial charge in [-0.25, -0.2) is 0 Å². The molecule has 82 valence electrons. The van der Waals surface area contributed by atoms with Gasteiger partial charge < -0.3 is 5.73 Å². The van der Waals surface area contributed by atoms with Gasteiger partial charge in [0.1, 0.15) is 0 Å². The maximum Gasteiger partial charge on any atom is -0.0181 e. The monoisotopic (exact) mass is 203 g/mol. The van der Waals surface area contributed by atoms with Crippen LogP contribution in [0.25, 0.3) is 10.8 Å². The van der Waals surface area contributed by atoms with Gasteiger partial charge in [0.15, 0.2) is 0 Å². The average Bonchev–Trinajstić information content (AvgIpc) is 2.34. The lowest BCUT2D eigenvalue weighted by Crippen LogP contribution is -1.73. The van der Waals surface area contributed by atoms with Crippen molar-refractivity contribution in [3.63, 3.8) is 0 Å². The van der Waals surface area contributed by atoms with Crippen LogP contribution in [0, 0.1) is 6.92 Å². The lowest BCUT2D eigenvalue weighted by Gasteiger charge is -1.96. The molecule has 2 aromatic carbocycles. The van der Waals surface area contributed by atoms with Crippen molar-refractivity contribution < 1.29 is 0 Å². The van der Waals surface area contributed by atoms with Crippen LogP contribution in [0.5, 0.6) is 0 Å². The molecule has 0 unspecified atom stereocenters. The summed E-state index contributed by atoms with van der Waals surface area (Å²) in [5.74, 6) is 0. The van der Waals surface area contributed by atoms with E-state index in [1.807, 2.05) is 13.8 Å². The number of hydrogen-bond acceptors (Lipinski definition) is 1. The van der Waals surface area contributed by atoms with Gasteiger partial charge >= 0.3 is 0 Å². The summed E-state index contributed by atoms with van der Waals surface area (Å²) in [5.41, 5.74) is 5.82. The van der Waals surface area contributed by atoms with Gasteiger partial charge in [0.2, 0.25) is 0 Å². The van der Waals surface area contributed by atoms with E-state index in [0.717, 1.165) is 0 Å². The Hall–Kier alpha value is -1.34. The minimum atomic E-state index is 1.32. The number of hydrogen-bond donors (Lipinski definition) is 1. The summed E-state index contributed by atoms with van der Waals surface area (Å²) in [6.07, 6.45) is 0. The summed E-state index contributed by atoms with van der Waals surface area (Å²) in [5, 5.41) is 2.64. The SMILES string of the molecule is CC.CN.Cc1ccc2ccccc2c1. The molecule has 0 heterocycles.